The number of halogens is 2. The van der Waals surface area contributed by atoms with Crippen LogP contribution in [-0.2, 0) is 0 Å². The van der Waals surface area contributed by atoms with Crippen LogP contribution in [0.1, 0.15) is 26.2 Å². The third-order valence-electron chi connectivity index (χ3n) is 3.14. The van der Waals surface area contributed by atoms with Gasteiger partial charge < -0.3 is 5.32 Å². The SMILES string of the molecule is CC1CCCC1CNc1nc(Cl)nc(Cl)n1. The normalized spacial score (nSPS) is 24.7. The van der Waals surface area contributed by atoms with E-state index in [4.69, 9.17) is 23.2 Å². The van der Waals surface area contributed by atoms with E-state index >= 15 is 0 Å². The summed E-state index contributed by atoms with van der Waals surface area (Å²) in [5, 5.41) is 3.42. The Morgan fingerprint density at radius 1 is 1.19 bits per heavy atom. The molecular weight excluding hydrogens is 247 g/mol. The van der Waals surface area contributed by atoms with Gasteiger partial charge in [-0.3, -0.25) is 0 Å². The predicted octanol–water partition coefficient (Wildman–Crippen LogP) is 3.03. The standard InChI is InChI=1S/C10H14Cl2N4/c1-6-3-2-4-7(6)5-13-10-15-8(11)14-9(12)16-10/h6-7H,2-5H2,1H3,(H,13,14,15,16). The zero-order chi connectivity index (χ0) is 11.5. The van der Waals surface area contributed by atoms with Crippen molar-refractivity contribution in [3.8, 4) is 0 Å². The number of nitrogens with one attached hydrogen (secondary N) is 1. The maximum absolute atomic E-state index is 5.69. The van der Waals surface area contributed by atoms with Gasteiger partial charge in [-0.1, -0.05) is 19.8 Å². The van der Waals surface area contributed by atoms with Crippen molar-refractivity contribution < 1.29 is 0 Å². The first-order valence-electron chi connectivity index (χ1n) is 5.46. The molecule has 6 heteroatoms. The summed E-state index contributed by atoms with van der Waals surface area (Å²) < 4.78 is 0. The molecule has 1 fully saturated rings. The third kappa shape index (κ3) is 2.95. The predicted molar refractivity (Wildman–Crippen MR) is 64.8 cm³/mol. The van der Waals surface area contributed by atoms with Crippen LogP contribution < -0.4 is 5.32 Å². The number of anilines is 1. The van der Waals surface area contributed by atoms with Crippen molar-refractivity contribution in [3.05, 3.63) is 10.6 Å². The molecule has 2 atom stereocenters. The van der Waals surface area contributed by atoms with Crippen LogP contribution >= 0.6 is 23.2 Å². The van der Waals surface area contributed by atoms with E-state index in [1.165, 1.54) is 19.3 Å². The van der Waals surface area contributed by atoms with Gasteiger partial charge in [0.15, 0.2) is 0 Å². The molecule has 0 saturated heterocycles. The number of nitrogens with zero attached hydrogens (tertiary/aromatic N) is 3. The first kappa shape index (κ1) is 11.9. The van der Waals surface area contributed by atoms with Crippen LogP contribution in [0.3, 0.4) is 0 Å². The van der Waals surface area contributed by atoms with Crippen molar-refractivity contribution in [2.45, 2.75) is 26.2 Å². The summed E-state index contributed by atoms with van der Waals surface area (Å²) >= 11 is 11.4. The monoisotopic (exact) mass is 260 g/mol. The Hall–Kier alpha value is -0.610. The summed E-state index contributed by atoms with van der Waals surface area (Å²) in [4.78, 5) is 11.6. The summed E-state index contributed by atoms with van der Waals surface area (Å²) in [7, 11) is 0. The van der Waals surface area contributed by atoms with Crippen LogP contribution in [0.5, 0.6) is 0 Å². The highest BCUT2D eigenvalue weighted by Crippen LogP contribution is 2.30. The average molecular weight is 261 g/mol. The minimum Gasteiger partial charge on any atom is -0.354 e. The molecule has 1 aliphatic carbocycles. The Morgan fingerprint density at radius 3 is 2.44 bits per heavy atom. The molecule has 0 aliphatic heterocycles. The smallest absolute Gasteiger partial charge is 0.228 e. The molecule has 0 spiro atoms. The van der Waals surface area contributed by atoms with Gasteiger partial charge in [0.25, 0.3) is 0 Å². The van der Waals surface area contributed by atoms with Gasteiger partial charge >= 0.3 is 0 Å². The van der Waals surface area contributed by atoms with Gasteiger partial charge in [0, 0.05) is 6.54 Å². The first-order valence-corrected chi connectivity index (χ1v) is 6.21. The molecule has 1 aromatic heterocycles. The number of hydrogen-bond acceptors (Lipinski definition) is 4. The molecule has 16 heavy (non-hydrogen) atoms. The van der Waals surface area contributed by atoms with Gasteiger partial charge in [0.2, 0.25) is 16.5 Å². The Morgan fingerprint density at radius 2 is 1.88 bits per heavy atom. The van der Waals surface area contributed by atoms with Gasteiger partial charge in [-0.25, -0.2) is 0 Å². The van der Waals surface area contributed by atoms with Crippen molar-refractivity contribution in [1.82, 2.24) is 15.0 Å². The van der Waals surface area contributed by atoms with E-state index in [9.17, 15) is 0 Å². The fraction of sp³-hybridized carbons (Fsp3) is 0.700. The molecular formula is C10H14Cl2N4. The van der Waals surface area contributed by atoms with Crippen molar-refractivity contribution >= 4 is 29.2 Å². The second kappa shape index (κ2) is 5.15. The second-order valence-corrected chi connectivity index (χ2v) is 4.92. The Labute approximate surface area is 105 Å². The van der Waals surface area contributed by atoms with E-state index in [0.717, 1.165) is 12.5 Å². The summed E-state index contributed by atoms with van der Waals surface area (Å²) in [6.45, 7) is 3.16. The zero-order valence-electron chi connectivity index (χ0n) is 9.08. The van der Waals surface area contributed by atoms with Gasteiger partial charge in [0.1, 0.15) is 0 Å². The van der Waals surface area contributed by atoms with E-state index in [1.54, 1.807) is 0 Å². The molecule has 0 amide bonds. The fourth-order valence-corrected chi connectivity index (χ4v) is 2.52. The number of rotatable bonds is 3. The molecule has 4 nitrogen and oxygen atoms in total. The van der Waals surface area contributed by atoms with E-state index in [-0.39, 0.29) is 10.6 Å². The van der Waals surface area contributed by atoms with Crippen molar-refractivity contribution in [3.63, 3.8) is 0 Å². The molecule has 2 rings (SSSR count). The van der Waals surface area contributed by atoms with E-state index in [0.29, 0.717) is 11.9 Å². The van der Waals surface area contributed by atoms with E-state index in [2.05, 4.69) is 27.2 Å². The Kier molecular flexibility index (Phi) is 3.82. The van der Waals surface area contributed by atoms with Gasteiger partial charge in [0.05, 0.1) is 0 Å². The van der Waals surface area contributed by atoms with Crippen LogP contribution in [0.25, 0.3) is 0 Å². The van der Waals surface area contributed by atoms with Crippen molar-refractivity contribution in [1.29, 1.82) is 0 Å². The molecule has 1 heterocycles. The third-order valence-corrected chi connectivity index (χ3v) is 3.48. The van der Waals surface area contributed by atoms with Crippen molar-refractivity contribution in [2.75, 3.05) is 11.9 Å². The number of hydrogen-bond donors (Lipinski definition) is 1. The highest BCUT2D eigenvalue weighted by atomic mass is 35.5. The van der Waals surface area contributed by atoms with Crippen LogP contribution in [-0.4, -0.2) is 21.5 Å². The summed E-state index contributed by atoms with van der Waals surface area (Å²) in [5.74, 6) is 1.92. The van der Waals surface area contributed by atoms with Gasteiger partial charge in [-0.05, 0) is 41.5 Å². The topological polar surface area (TPSA) is 50.7 Å². The lowest BCUT2D eigenvalue weighted by atomic mass is 9.98. The van der Waals surface area contributed by atoms with Gasteiger partial charge in [-0.15, -0.1) is 0 Å². The van der Waals surface area contributed by atoms with Crippen molar-refractivity contribution in [2.24, 2.45) is 11.8 Å². The minimum atomic E-state index is 0.127. The molecule has 1 saturated carbocycles. The fourth-order valence-electron chi connectivity index (χ4n) is 2.15. The lowest BCUT2D eigenvalue weighted by Crippen LogP contribution is -2.18. The molecule has 1 N–H and O–H groups in total. The Balaban J connectivity index is 1.94. The largest absolute Gasteiger partial charge is 0.354 e. The molecule has 0 radical (unpaired) electrons. The molecule has 0 bridgehead atoms. The zero-order valence-corrected chi connectivity index (χ0v) is 10.6. The quantitative estimate of drug-likeness (QED) is 0.908. The minimum absolute atomic E-state index is 0.127. The average Bonchev–Trinajstić information content (AvgIpc) is 2.59. The summed E-state index contributed by atoms with van der Waals surface area (Å²) in [5.41, 5.74) is 0. The Bertz CT molecular complexity index is 352. The maximum Gasteiger partial charge on any atom is 0.228 e. The van der Waals surface area contributed by atoms with Crippen LogP contribution in [0, 0.1) is 11.8 Å². The lowest BCUT2D eigenvalue weighted by molar-refractivity contribution is 0.439. The molecule has 2 unspecified atom stereocenters. The summed E-state index contributed by atoms with van der Waals surface area (Å²) in [6.07, 6.45) is 3.89. The molecule has 0 aromatic carbocycles. The molecule has 1 aliphatic rings. The number of aromatic nitrogens is 3. The van der Waals surface area contributed by atoms with E-state index in [1.807, 2.05) is 0 Å². The van der Waals surface area contributed by atoms with Gasteiger partial charge in [-0.2, -0.15) is 15.0 Å². The van der Waals surface area contributed by atoms with Crippen LogP contribution in [0.2, 0.25) is 10.6 Å². The molecule has 88 valence electrons. The van der Waals surface area contributed by atoms with Crippen LogP contribution in [0.4, 0.5) is 5.95 Å². The lowest BCUT2D eigenvalue weighted by Gasteiger charge is -2.15. The maximum atomic E-state index is 5.69. The van der Waals surface area contributed by atoms with Crippen LogP contribution in [0.15, 0.2) is 0 Å². The first-order chi connectivity index (χ1) is 7.65. The highest BCUT2D eigenvalue weighted by molar-refractivity contribution is 6.31. The summed E-state index contributed by atoms with van der Waals surface area (Å²) in [6, 6.07) is 0. The van der Waals surface area contributed by atoms with E-state index < -0.39 is 0 Å². The highest BCUT2D eigenvalue weighted by Gasteiger charge is 2.23. The molecule has 1 aromatic rings. The second-order valence-electron chi connectivity index (χ2n) is 4.25.